The number of unbranched alkanes of at least 4 members (excludes halogenated alkanes) is 20. The van der Waals surface area contributed by atoms with Crippen molar-refractivity contribution in [3.8, 4) is 0 Å². The van der Waals surface area contributed by atoms with E-state index in [2.05, 4.69) is 154 Å². The van der Waals surface area contributed by atoms with E-state index in [1.807, 2.05) is 6.08 Å². The molecule has 0 aromatic carbocycles. The van der Waals surface area contributed by atoms with E-state index in [-0.39, 0.29) is 31.6 Å². The fraction of sp³-hybridized carbons (Fsp3) is 0.614. The number of esters is 3. The molecule has 0 radical (unpaired) electrons. The van der Waals surface area contributed by atoms with Gasteiger partial charge in [0.15, 0.2) is 6.10 Å². The second-order valence-corrected chi connectivity index (χ2v) is 19.9. The largest absolute Gasteiger partial charge is 0.462 e. The van der Waals surface area contributed by atoms with Gasteiger partial charge in [0.25, 0.3) is 0 Å². The van der Waals surface area contributed by atoms with Crippen molar-refractivity contribution in [1.82, 2.24) is 0 Å². The zero-order valence-corrected chi connectivity index (χ0v) is 49.0. The van der Waals surface area contributed by atoms with Crippen LogP contribution in [0.2, 0.25) is 0 Å². The van der Waals surface area contributed by atoms with Gasteiger partial charge in [0.2, 0.25) is 0 Å². The predicted octanol–water partition coefficient (Wildman–Crippen LogP) is 21.2. The molecule has 0 spiro atoms. The minimum Gasteiger partial charge on any atom is -0.462 e. The molecule has 0 saturated heterocycles. The first-order valence-corrected chi connectivity index (χ1v) is 30.8. The Morgan fingerprint density at radius 2 is 0.553 bits per heavy atom. The molecule has 6 heteroatoms. The maximum absolute atomic E-state index is 12.8. The van der Waals surface area contributed by atoms with E-state index in [1.54, 1.807) is 6.08 Å². The zero-order valence-electron chi connectivity index (χ0n) is 49.0. The van der Waals surface area contributed by atoms with Crippen LogP contribution < -0.4 is 0 Å². The molecule has 6 nitrogen and oxygen atoms in total. The SMILES string of the molecule is CC/C=C\C/C=C\C/C=C\C/C=C\C/C=C\C/C=C\C/C=C\CCCCCCCCCCCCCC(=O)OCC(COC(=O)CCCCCCCCCCCC)OC(=O)C/C=C\C/C=C\C/C=C\C/C=C\C/C=C\CC. The molecule has 0 fully saturated rings. The Labute approximate surface area is 467 Å². The molecule has 0 aliphatic rings. The van der Waals surface area contributed by atoms with Crippen molar-refractivity contribution < 1.29 is 28.6 Å². The summed E-state index contributed by atoms with van der Waals surface area (Å²) in [6.07, 6.45) is 90.3. The summed E-state index contributed by atoms with van der Waals surface area (Å²) in [4.78, 5) is 38.0. The molecule has 0 saturated carbocycles. The lowest BCUT2D eigenvalue weighted by Crippen LogP contribution is -2.30. The van der Waals surface area contributed by atoms with Crippen LogP contribution in [0.5, 0.6) is 0 Å². The van der Waals surface area contributed by atoms with Crippen LogP contribution in [0, 0.1) is 0 Å². The number of rotatable bonds is 54. The highest BCUT2D eigenvalue weighted by atomic mass is 16.6. The number of hydrogen-bond acceptors (Lipinski definition) is 6. The van der Waals surface area contributed by atoms with Gasteiger partial charge >= 0.3 is 17.9 Å². The third-order valence-electron chi connectivity index (χ3n) is 12.6. The Hall–Kier alpha value is -4.71. The van der Waals surface area contributed by atoms with Gasteiger partial charge in [-0.05, 0) is 103 Å². The van der Waals surface area contributed by atoms with E-state index in [0.29, 0.717) is 12.8 Å². The van der Waals surface area contributed by atoms with Crippen molar-refractivity contribution in [3.05, 3.63) is 146 Å². The zero-order chi connectivity index (χ0) is 55.0. The normalized spacial score (nSPS) is 13.1. The lowest BCUT2D eigenvalue weighted by Gasteiger charge is -2.18. The summed E-state index contributed by atoms with van der Waals surface area (Å²) in [6, 6.07) is 0. The number of ether oxygens (including phenoxy) is 3. The van der Waals surface area contributed by atoms with Gasteiger partial charge in [-0.2, -0.15) is 0 Å². The molecule has 0 aromatic rings. The van der Waals surface area contributed by atoms with Crippen LogP contribution in [0.4, 0.5) is 0 Å². The lowest BCUT2D eigenvalue weighted by molar-refractivity contribution is -0.166. The van der Waals surface area contributed by atoms with Crippen molar-refractivity contribution in [3.63, 3.8) is 0 Å². The maximum atomic E-state index is 12.8. The second-order valence-electron chi connectivity index (χ2n) is 19.9. The van der Waals surface area contributed by atoms with E-state index in [4.69, 9.17) is 14.2 Å². The van der Waals surface area contributed by atoms with Gasteiger partial charge in [-0.1, -0.05) is 282 Å². The van der Waals surface area contributed by atoms with Crippen molar-refractivity contribution in [2.45, 2.75) is 264 Å². The summed E-state index contributed by atoms with van der Waals surface area (Å²) in [5.41, 5.74) is 0. The van der Waals surface area contributed by atoms with Crippen LogP contribution in [-0.2, 0) is 28.6 Å². The van der Waals surface area contributed by atoms with Crippen molar-refractivity contribution in [2.75, 3.05) is 13.2 Å². The molecule has 0 rings (SSSR count). The minimum atomic E-state index is -0.836. The fourth-order valence-electron chi connectivity index (χ4n) is 8.09. The number of carbonyl (C=O) groups excluding carboxylic acids is 3. The van der Waals surface area contributed by atoms with Crippen LogP contribution in [0.3, 0.4) is 0 Å². The standard InChI is InChI=1S/C70H112O6/c1-4-7-10-13-16-19-22-24-26-27-28-29-30-31-32-33-34-35-36-37-38-39-40-41-42-43-45-46-48-51-54-57-60-63-69(72)75-66-67(65-74-68(71)62-59-56-53-50-21-18-15-12-9-6-3)76-70(73)64-61-58-55-52-49-47-44-25-23-20-17-14-11-8-5-2/h7-8,10-11,16-17,19-20,24-26,28-29,31-32,34-35,37-38,44,49,52,58,61,67H,4-6,9,12-15,18,21-23,27,30,33,36,39-43,45-48,50-51,53-57,59-60,62-66H2,1-3H3/b10-7-,11-8-,19-16-,20-17-,26-24-,29-28-,32-31-,35-34-,38-37-,44-25-,52-49-,61-58-. The van der Waals surface area contributed by atoms with Crippen LogP contribution in [0.25, 0.3) is 0 Å². The number of carbonyl (C=O) groups is 3. The number of hydrogen-bond donors (Lipinski definition) is 0. The smallest absolute Gasteiger partial charge is 0.310 e. The minimum absolute atomic E-state index is 0.0929. The highest BCUT2D eigenvalue weighted by Gasteiger charge is 2.19. The number of allylic oxidation sites excluding steroid dienone is 23. The summed E-state index contributed by atoms with van der Waals surface area (Å²) in [5, 5.41) is 0. The van der Waals surface area contributed by atoms with Gasteiger partial charge in [-0.25, -0.2) is 0 Å². The summed E-state index contributed by atoms with van der Waals surface area (Å²) in [6.45, 7) is 6.30. The highest BCUT2D eigenvalue weighted by Crippen LogP contribution is 2.15. The van der Waals surface area contributed by atoms with Crippen LogP contribution in [0.1, 0.15) is 258 Å². The van der Waals surface area contributed by atoms with Crippen LogP contribution >= 0.6 is 0 Å². The fourth-order valence-corrected chi connectivity index (χ4v) is 8.09. The van der Waals surface area contributed by atoms with Gasteiger partial charge in [-0.3, -0.25) is 14.4 Å². The third-order valence-corrected chi connectivity index (χ3v) is 12.6. The van der Waals surface area contributed by atoms with Crippen molar-refractivity contribution in [2.24, 2.45) is 0 Å². The molecule has 76 heavy (non-hydrogen) atoms. The van der Waals surface area contributed by atoms with Gasteiger partial charge < -0.3 is 14.2 Å². The first kappa shape index (κ1) is 71.3. The average Bonchev–Trinajstić information content (AvgIpc) is 3.42. The summed E-state index contributed by atoms with van der Waals surface area (Å²) < 4.78 is 16.7. The Kier molecular flexibility index (Phi) is 58.9. The van der Waals surface area contributed by atoms with E-state index >= 15 is 0 Å². The molecule has 1 unspecified atom stereocenters. The summed E-state index contributed by atoms with van der Waals surface area (Å²) in [7, 11) is 0. The Balaban J connectivity index is 4.25. The topological polar surface area (TPSA) is 78.9 Å². The van der Waals surface area contributed by atoms with Gasteiger partial charge in [0.1, 0.15) is 13.2 Å². The van der Waals surface area contributed by atoms with Gasteiger partial charge in [-0.15, -0.1) is 0 Å². The molecule has 0 N–H and O–H groups in total. The molecule has 0 aliphatic heterocycles. The van der Waals surface area contributed by atoms with Gasteiger partial charge in [0, 0.05) is 12.8 Å². The Morgan fingerprint density at radius 1 is 0.289 bits per heavy atom. The molecule has 0 aromatic heterocycles. The molecule has 0 aliphatic carbocycles. The van der Waals surface area contributed by atoms with Crippen molar-refractivity contribution in [1.29, 1.82) is 0 Å². The first-order valence-electron chi connectivity index (χ1n) is 30.8. The molecule has 1 atom stereocenters. The van der Waals surface area contributed by atoms with Crippen molar-refractivity contribution >= 4 is 17.9 Å². The Morgan fingerprint density at radius 3 is 0.868 bits per heavy atom. The first-order chi connectivity index (χ1) is 37.5. The highest BCUT2D eigenvalue weighted by molar-refractivity contribution is 5.72. The van der Waals surface area contributed by atoms with E-state index < -0.39 is 12.1 Å². The predicted molar refractivity (Wildman–Crippen MR) is 329 cm³/mol. The third kappa shape index (κ3) is 60.2. The molecule has 0 heterocycles. The molecule has 0 amide bonds. The van der Waals surface area contributed by atoms with E-state index in [1.165, 1.54) is 103 Å². The second kappa shape index (κ2) is 62.8. The molecular weight excluding hydrogens is 937 g/mol. The summed E-state index contributed by atoms with van der Waals surface area (Å²) >= 11 is 0. The van der Waals surface area contributed by atoms with Gasteiger partial charge in [0.05, 0.1) is 6.42 Å². The summed E-state index contributed by atoms with van der Waals surface area (Å²) in [5.74, 6) is -1.06. The molecule has 428 valence electrons. The molecular formula is C70H112O6. The van der Waals surface area contributed by atoms with Crippen LogP contribution in [-0.4, -0.2) is 37.2 Å². The van der Waals surface area contributed by atoms with E-state index in [0.717, 1.165) is 116 Å². The monoisotopic (exact) mass is 1050 g/mol. The lowest BCUT2D eigenvalue weighted by atomic mass is 10.0. The quantitative estimate of drug-likeness (QED) is 0.0261. The maximum Gasteiger partial charge on any atom is 0.310 e. The Bertz CT molecular complexity index is 1680. The molecule has 0 bridgehead atoms. The average molecular weight is 1050 g/mol. The van der Waals surface area contributed by atoms with Crippen LogP contribution in [0.15, 0.2) is 146 Å². The van der Waals surface area contributed by atoms with E-state index in [9.17, 15) is 14.4 Å².